The smallest absolute Gasteiger partial charge is 0.258 e. The van der Waals surface area contributed by atoms with E-state index < -0.39 is 24.2 Å². The number of morpholine rings is 2. The molecule has 4 aliphatic heterocycles. The highest BCUT2D eigenvalue weighted by molar-refractivity contribution is 6.20. The Hall–Kier alpha value is -2.33. The van der Waals surface area contributed by atoms with Crippen LogP contribution in [0.25, 0.3) is 0 Å². The average Bonchev–Trinajstić information content (AvgIpc) is 3.06. The van der Waals surface area contributed by atoms with Crippen molar-refractivity contribution >= 4 is 11.7 Å². The molecule has 1 aromatic carbocycles. The lowest BCUT2D eigenvalue weighted by Crippen LogP contribution is -2.73. The van der Waals surface area contributed by atoms with E-state index in [1.54, 1.807) is 0 Å². The fraction of sp³-hybridized carbons (Fsp3) is 0.706. The van der Waals surface area contributed by atoms with Gasteiger partial charge in [0.25, 0.3) is 5.91 Å². The van der Waals surface area contributed by atoms with E-state index in [0.29, 0.717) is 25.6 Å². The van der Waals surface area contributed by atoms with Crippen molar-refractivity contribution in [2.75, 3.05) is 52.5 Å². The second-order valence-electron chi connectivity index (χ2n) is 13.5. The first-order valence-corrected chi connectivity index (χ1v) is 16.8. The summed E-state index contributed by atoms with van der Waals surface area (Å²) < 4.78 is 28.4. The summed E-state index contributed by atoms with van der Waals surface area (Å²) in [4.78, 5) is 34.3. The van der Waals surface area contributed by atoms with E-state index in [4.69, 9.17) is 9.47 Å². The summed E-state index contributed by atoms with van der Waals surface area (Å²) in [6.07, 6.45) is 7.08. The number of ether oxygens (including phenoxy) is 2. The summed E-state index contributed by atoms with van der Waals surface area (Å²) in [6.45, 7) is 6.47. The van der Waals surface area contributed by atoms with Crippen LogP contribution in [0.4, 0.5) is 4.39 Å². The molecule has 9 heteroatoms. The number of nitrogens with zero attached hydrogens (tertiary/aromatic N) is 3. The number of halogens is 1. The maximum Gasteiger partial charge on any atom is 0.258 e. The van der Waals surface area contributed by atoms with Crippen LogP contribution in [0.1, 0.15) is 62.8 Å². The Bertz CT molecular complexity index is 1170. The van der Waals surface area contributed by atoms with Crippen LogP contribution in [0.2, 0.25) is 0 Å². The summed E-state index contributed by atoms with van der Waals surface area (Å²) in [5, 5.41) is 3.54. The molecule has 1 amide bonds. The number of ketones is 1. The number of carbonyl (C=O) groups excluding carboxylic acids is 2. The Morgan fingerprint density at radius 1 is 1.00 bits per heavy atom. The van der Waals surface area contributed by atoms with Crippen LogP contribution in [0.5, 0.6) is 0 Å². The number of amides is 1. The summed E-state index contributed by atoms with van der Waals surface area (Å²) in [5.41, 5.74) is 1.59. The van der Waals surface area contributed by atoms with Crippen molar-refractivity contribution in [3.8, 4) is 0 Å². The fourth-order valence-corrected chi connectivity index (χ4v) is 8.69. The van der Waals surface area contributed by atoms with Crippen molar-refractivity contribution in [3.63, 3.8) is 0 Å². The van der Waals surface area contributed by atoms with Crippen LogP contribution >= 0.6 is 0 Å². The van der Waals surface area contributed by atoms with Gasteiger partial charge in [-0.05, 0) is 75.9 Å². The molecule has 43 heavy (non-hydrogen) atoms. The van der Waals surface area contributed by atoms with Gasteiger partial charge in [-0.2, -0.15) is 0 Å². The molecule has 5 fully saturated rings. The third-order valence-electron chi connectivity index (χ3n) is 10.9. The van der Waals surface area contributed by atoms with Gasteiger partial charge >= 0.3 is 0 Å². The maximum atomic E-state index is 16.1. The van der Waals surface area contributed by atoms with Gasteiger partial charge < -0.3 is 24.6 Å². The van der Waals surface area contributed by atoms with Crippen LogP contribution in [-0.4, -0.2) is 115 Å². The zero-order valence-electron chi connectivity index (χ0n) is 25.2. The molecule has 0 aromatic heterocycles. The molecule has 1 N–H and O–H groups in total. The van der Waals surface area contributed by atoms with E-state index in [9.17, 15) is 9.59 Å². The first-order chi connectivity index (χ1) is 21.1. The Balaban J connectivity index is 1.14. The third kappa shape index (κ3) is 5.90. The molecule has 3 saturated heterocycles. The van der Waals surface area contributed by atoms with Gasteiger partial charge in [0.05, 0.1) is 49.1 Å². The molecule has 7 rings (SSSR count). The second kappa shape index (κ2) is 13.0. The summed E-state index contributed by atoms with van der Waals surface area (Å²) >= 11 is 0. The molecule has 1 aromatic rings. The van der Waals surface area contributed by atoms with Crippen LogP contribution < -0.4 is 5.32 Å². The van der Waals surface area contributed by atoms with Gasteiger partial charge in [0.2, 0.25) is 0 Å². The van der Waals surface area contributed by atoms with Crippen LogP contribution in [0, 0.1) is 5.92 Å². The standard InChI is InChI=1S/C34H47FN4O4/c35-27-21-25-31-33(30(27)36-12-7-13-37-16-18-42-19-17-37)43-29-11-10-24(23-8-3-1-4-9-23)20-28(29)39(31)22-26(32(25)40)34(41)38-14-5-2-6-15-38/h1,3-4,8-9,22,24-25,27-31,33,36H,2,5-7,10-21H2. The summed E-state index contributed by atoms with van der Waals surface area (Å²) in [7, 11) is 0. The number of carbonyl (C=O) groups is 2. The molecule has 234 valence electrons. The lowest BCUT2D eigenvalue weighted by atomic mass is 9.68. The molecule has 8 atom stereocenters. The molecule has 0 spiro atoms. The number of hydrogen-bond donors (Lipinski definition) is 1. The predicted molar refractivity (Wildman–Crippen MR) is 161 cm³/mol. The van der Waals surface area contributed by atoms with Crippen molar-refractivity contribution in [1.29, 1.82) is 0 Å². The minimum atomic E-state index is -1.21. The van der Waals surface area contributed by atoms with Crippen LogP contribution in [0.15, 0.2) is 42.1 Å². The number of rotatable bonds is 7. The largest absolute Gasteiger partial charge is 0.379 e. The topological polar surface area (TPSA) is 74.4 Å². The minimum absolute atomic E-state index is 0.0538. The number of nitrogens with one attached hydrogen (secondary N) is 1. The van der Waals surface area contributed by atoms with Gasteiger partial charge in [0.15, 0.2) is 5.78 Å². The molecule has 6 aliphatic rings. The third-order valence-corrected chi connectivity index (χ3v) is 10.9. The van der Waals surface area contributed by atoms with Gasteiger partial charge in [-0.3, -0.25) is 14.5 Å². The van der Waals surface area contributed by atoms with Crippen molar-refractivity contribution < 1.29 is 23.5 Å². The van der Waals surface area contributed by atoms with Crippen molar-refractivity contribution in [2.45, 2.75) is 93.8 Å². The van der Waals surface area contributed by atoms with Crippen molar-refractivity contribution in [1.82, 2.24) is 20.0 Å². The van der Waals surface area contributed by atoms with E-state index in [1.165, 1.54) is 5.56 Å². The van der Waals surface area contributed by atoms with E-state index in [0.717, 1.165) is 77.8 Å². The number of likely N-dealkylation sites (tertiary alicyclic amines) is 1. The first kappa shape index (κ1) is 29.4. The van der Waals surface area contributed by atoms with Gasteiger partial charge in [-0.1, -0.05) is 30.3 Å². The number of piperidine rings is 1. The lowest BCUT2D eigenvalue weighted by Gasteiger charge is -2.60. The number of alkyl halides is 1. The average molecular weight is 595 g/mol. The molecule has 8 unspecified atom stereocenters. The van der Waals surface area contributed by atoms with E-state index in [1.807, 2.05) is 11.1 Å². The number of hydrogen-bond acceptors (Lipinski definition) is 7. The number of Topliss-reactive ketones (excluding diaryl/α,β-unsaturated/α-hetero) is 1. The SMILES string of the molecule is O=C1C(C(=O)N2CCCCC2)=CN2C3CC(c4ccccc4)CCC3OC3C(NCCCN4CCOCC4)C(F)CC1C32. The van der Waals surface area contributed by atoms with Gasteiger partial charge in [-0.15, -0.1) is 0 Å². The maximum absolute atomic E-state index is 16.1. The summed E-state index contributed by atoms with van der Waals surface area (Å²) in [5.74, 6) is -0.539. The predicted octanol–water partition coefficient (Wildman–Crippen LogP) is 3.28. The fourth-order valence-electron chi connectivity index (χ4n) is 8.69. The molecule has 2 aliphatic carbocycles. The van der Waals surface area contributed by atoms with E-state index >= 15 is 4.39 Å². The summed E-state index contributed by atoms with van der Waals surface area (Å²) in [6, 6.07) is 9.97. The van der Waals surface area contributed by atoms with Crippen LogP contribution in [-0.2, 0) is 19.1 Å². The quantitative estimate of drug-likeness (QED) is 0.384. The Morgan fingerprint density at radius 3 is 2.58 bits per heavy atom. The minimum Gasteiger partial charge on any atom is -0.379 e. The molecule has 0 bridgehead atoms. The van der Waals surface area contributed by atoms with Gasteiger partial charge in [-0.25, -0.2) is 4.39 Å². The lowest BCUT2D eigenvalue weighted by molar-refractivity contribution is -0.199. The molecule has 0 radical (unpaired) electrons. The zero-order valence-corrected chi connectivity index (χ0v) is 25.2. The first-order valence-electron chi connectivity index (χ1n) is 16.8. The Kier molecular flexibility index (Phi) is 8.85. The monoisotopic (exact) mass is 594 g/mol. The van der Waals surface area contributed by atoms with E-state index in [-0.39, 0.29) is 41.9 Å². The van der Waals surface area contributed by atoms with Gasteiger partial charge in [0.1, 0.15) is 6.17 Å². The van der Waals surface area contributed by atoms with Crippen molar-refractivity contribution in [2.24, 2.45) is 5.92 Å². The Labute approximate surface area is 254 Å². The van der Waals surface area contributed by atoms with E-state index in [2.05, 4.69) is 45.4 Å². The highest BCUT2D eigenvalue weighted by Crippen LogP contribution is 2.48. The highest BCUT2D eigenvalue weighted by Gasteiger charge is 2.59. The molecule has 8 nitrogen and oxygen atoms in total. The zero-order chi connectivity index (χ0) is 29.3. The van der Waals surface area contributed by atoms with Crippen molar-refractivity contribution in [3.05, 3.63) is 47.7 Å². The number of benzene rings is 1. The van der Waals surface area contributed by atoms with Crippen LogP contribution in [0.3, 0.4) is 0 Å². The second-order valence-corrected chi connectivity index (χ2v) is 13.5. The normalized spacial score (nSPS) is 36.5. The molecule has 4 heterocycles. The molecular weight excluding hydrogens is 547 g/mol. The Morgan fingerprint density at radius 2 is 1.79 bits per heavy atom. The molecular formula is C34H47FN4O4. The molecule has 2 saturated carbocycles. The number of fused-ring (bicyclic) bond motifs is 2. The highest BCUT2D eigenvalue weighted by atomic mass is 19.1. The van der Waals surface area contributed by atoms with Gasteiger partial charge in [0, 0.05) is 38.3 Å².